The van der Waals surface area contributed by atoms with Crippen molar-refractivity contribution in [3.63, 3.8) is 0 Å². The Hall–Kier alpha value is -1.85. The number of hydrogen-bond acceptors (Lipinski definition) is 5. The molecule has 0 atom stereocenters. The van der Waals surface area contributed by atoms with Gasteiger partial charge in [0.05, 0.1) is 0 Å². The number of rotatable bonds is 6. The molecule has 0 amide bonds. The van der Waals surface area contributed by atoms with Gasteiger partial charge >= 0.3 is 0 Å². The molecule has 0 radical (unpaired) electrons. The summed E-state index contributed by atoms with van der Waals surface area (Å²) in [5, 5.41) is 15.6. The summed E-state index contributed by atoms with van der Waals surface area (Å²) in [6, 6.07) is 9.22. The van der Waals surface area contributed by atoms with Crippen molar-refractivity contribution in [2.45, 2.75) is 6.42 Å². The molecule has 19 heavy (non-hydrogen) atoms. The number of anilines is 3. The highest BCUT2D eigenvalue weighted by Crippen LogP contribution is 2.19. The van der Waals surface area contributed by atoms with E-state index in [1.54, 1.807) is 6.07 Å². The van der Waals surface area contributed by atoms with Gasteiger partial charge in [-0.2, -0.15) is 0 Å². The number of aliphatic hydroxyl groups excluding tert-OH is 1. The molecule has 5 nitrogen and oxygen atoms in total. The molecule has 0 aliphatic heterocycles. The molecule has 0 fully saturated rings. The molecule has 0 aliphatic rings. The molecule has 1 aromatic heterocycles. The quantitative estimate of drug-likeness (QED) is 0.709. The Morgan fingerprint density at radius 2 is 2.00 bits per heavy atom. The van der Waals surface area contributed by atoms with E-state index in [1.165, 1.54) is 6.33 Å². The summed E-state index contributed by atoms with van der Waals surface area (Å²) in [5.74, 6) is 1.40. The Morgan fingerprint density at radius 3 is 2.79 bits per heavy atom. The minimum Gasteiger partial charge on any atom is -0.396 e. The van der Waals surface area contributed by atoms with Crippen LogP contribution in [0, 0.1) is 0 Å². The summed E-state index contributed by atoms with van der Waals surface area (Å²) in [4.78, 5) is 8.24. The predicted molar refractivity (Wildman–Crippen MR) is 77.0 cm³/mol. The molecular weight excluding hydrogens is 264 g/mol. The van der Waals surface area contributed by atoms with Crippen molar-refractivity contribution < 1.29 is 5.11 Å². The summed E-state index contributed by atoms with van der Waals surface area (Å²) in [7, 11) is 0. The number of benzene rings is 1. The second-order valence-electron chi connectivity index (χ2n) is 3.93. The Labute approximate surface area is 116 Å². The van der Waals surface area contributed by atoms with Crippen molar-refractivity contribution in [1.29, 1.82) is 0 Å². The maximum atomic E-state index is 8.72. The summed E-state index contributed by atoms with van der Waals surface area (Å²) in [6.07, 6.45) is 2.16. The number of nitrogens with one attached hydrogen (secondary N) is 2. The average molecular weight is 279 g/mol. The van der Waals surface area contributed by atoms with Crippen LogP contribution in [0.5, 0.6) is 0 Å². The molecule has 100 valence electrons. The van der Waals surface area contributed by atoms with Gasteiger partial charge in [-0.1, -0.05) is 17.7 Å². The first-order chi connectivity index (χ1) is 9.28. The maximum Gasteiger partial charge on any atom is 0.135 e. The van der Waals surface area contributed by atoms with Gasteiger partial charge in [-0.15, -0.1) is 0 Å². The summed E-state index contributed by atoms with van der Waals surface area (Å²) in [5.41, 5.74) is 0.868. The van der Waals surface area contributed by atoms with Crippen LogP contribution in [0.1, 0.15) is 6.42 Å². The van der Waals surface area contributed by atoms with Gasteiger partial charge in [0, 0.05) is 29.9 Å². The zero-order valence-corrected chi connectivity index (χ0v) is 11.1. The molecule has 0 bridgehead atoms. The standard InChI is InChI=1S/C13H15ClN4O/c14-10-3-1-4-11(7-10)18-13-8-12(16-9-17-13)15-5-2-6-19/h1,3-4,7-9,19H,2,5-6H2,(H2,15,16,17,18). The molecule has 2 rings (SSSR count). The molecule has 1 aromatic carbocycles. The zero-order chi connectivity index (χ0) is 13.5. The highest BCUT2D eigenvalue weighted by Gasteiger charge is 2.00. The number of nitrogens with zero attached hydrogens (tertiary/aromatic N) is 2. The van der Waals surface area contributed by atoms with Gasteiger partial charge in [0.2, 0.25) is 0 Å². The van der Waals surface area contributed by atoms with E-state index in [0.29, 0.717) is 29.6 Å². The van der Waals surface area contributed by atoms with E-state index in [9.17, 15) is 0 Å². The van der Waals surface area contributed by atoms with Crippen LogP contribution in [0.15, 0.2) is 36.7 Å². The van der Waals surface area contributed by atoms with Crippen LogP contribution < -0.4 is 10.6 Å². The third-order valence-electron chi connectivity index (χ3n) is 2.41. The third kappa shape index (κ3) is 4.39. The number of aromatic nitrogens is 2. The zero-order valence-electron chi connectivity index (χ0n) is 10.3. The van der Waals surface area contributed by atoms with Crippen molar-refractivity contribution in [3.8, 4) is 0 Å². The fraction of sp³-hybridized carbons (Fsp3) is 0.231. The highest BCUT2D eigenvalue weighted by atomic mass is 35.5. The molecule has 6 heteroatoms. The Kier molecular flexibility index (Phi) is 4.94. The topological polar surface area (TPSA) is 70.1 Å². The normalized spacial score (nSPS) is 10.2. The first kappa shape index (κ1) is 13.6. The fourth-order valence-corrected chi connectivity index (χ4v) is 1.72. The van der Waals surface area contributed by atoms with Crippen LogP contribution in [0.2, 0.25) is 5.02 Å². The van der Waals surface area contributed by atoms with Gasteiger partial charge in [-0.05, 0) is 24.6 Å². The summed E-state index contributed by atoms with van der Waals surface area (Å²) >= 11 is 5.92. The second kappa shape index (κ2) is 6.92. The first-order valence-electron chi connectivity index (χ1n) is 5.97. The highest BCUT2D eigenvalue weighted by molar-refractivity contribution is 6.30. The Bertz CT molecular complexity index is 536. The van der Waals surface area contributed by atoms with Crippen LogP contribution in [-0.2, 0) is 0 Å². The molecule has 0 aliphatic carbocycles. The first-order valence-corrected chi connectivity index (χ1v) is 6.35. The molecule has 0 saturated carbocycles. The smallest absolute Gasteiger partial charge is 0.135 e. The molecule has 2 aromatic rings. The van der Waals surface area contributed by atoms with Gasteiger partial charge in [0.15, 0.2) is 0 Å². The van der Waals surface area contributed by atoms with E-state index in [2.05, 4.69) is 20.6 Å². The fourth-order valence-electron chi connectivity index (χ4n) is 1.53. The molecule has 0 saturated heterocycles. The minimum atomic E-state index is 0.158. The van der Waals surface area contributed by atoms with E-state index in [0.717, 1.165) is 5.69 Å². The van der Waals surface area contributed by atoms with Crippen molar-refractivity contribution in [2.24, 2.45) is 0 Å². The van der Waals surface area contributed by atoms with Crippen molar-refractivity contribution in [3.05, 3.63) is 41.7 Å². The van der Waals surface area contributed by atoms with Crippen LogP contribution in [-0.4, -0.2) is 28.2 Å². The predicted octanol–water partition coefficient (Wildman–Crippen LogP) is 2.67. The molecule has 0 unspecified atom stereocenters. The minimum absolute atomic E-state index is 0.158. The monoisotopic (exact) mass is 278 g/mol. The molecular formula is C13H15ClN4O. The van der Waals surface area contributed by atoms with Crippen molar-refractivity contribution in [2.75, 3.05) is 23.8 Å². The van der Waals surface area contributed by atoms with Crippen molar-refractivity contribution >= 4 is 28.9 Å². The van der Waals surface area contributed by atoms with Crippen LogP contribution in [0.25, 0.3) is 0 Å². The molecule has 0 spiro atoms. The van der Waals surface area contributed by atoms with Gasteiger partial charge < -0.3 is 15.7 Å². The van der Waals surface area contributed by atoms with Crippen LogP contribution in [0.4, 0.5) is 17.3 Å². The van der Waals surface area contributed by atoms with Gasteiger partial charge in [0.25, 0.3) is 0 Å². The lowest BCUT2D eigenvalue weighted by molar-refractivity contribution is 0.292. The lowest BCUT2D eigenvalue weighted by Crippen LogP contribution is -2.06. The average Bonchev–Trinajstić information content (AvgIpc) is 2.39. The van der Waals surface area contributed by atoms with E-state index in [1.807, 2.05) is 24.3 Å². The van der Waals surface area contributed by atoms with E-state index >= 15 is 0 Å². The SMILES string of the molecule is OCCCNc1cc(Nc2cccc(Cl)c2)ncn1. The van der Waals surface area contributed by atoms with Crippen LogP contribution >= 0.6 is 11.6 Å². The maximum absolute atomic E-state index is 8.72. The molecule has 1 heterocycles. The number of halogens is 1. The van der Waals surface area contributed by atoms with E-state index in [-0.39, 0.29) is 6.61 Å². The number of aliphatic hydroxyl groups is 1. The third-order valence-corrected chi connectivity index (χ3v) is 2.64. The van der Waals surface area contributed by atoms with Gasteiger partial charge in [0.1, 0.15) is 18.0 Å². The van der Waals surface area contributed by atoms with E-state index in [4.69, 9.17) is 16.7 Å². The lowest BCUT2D eigenvalue weighted by atomic mass is 10.3. The summed E-state index contributed by atoms with van der Waals surface area (Å²) in [6.45, 7) is 0.829. The Morgan fingerprint density at radius 1 is 1.16 bits per heavy atom. The second-order valence-corrected chi connectivity index (χ2v) is 4.36. The summed E-state index contributed by atoms with van der Waals surface area (Å²) < 4.78 is 0. The number of hydrogen-bond donors (Lipinski definition) is 3. The Balaban J connectivity index is 2.02. The van der Waals surface area contributed by atoms with E-state index < -0.39 is 0 Å². The largest absolute Gasteiger partial charge is 0.396 e. The molecule has 3 N–H and O–H groups in total. The van der Waals surface area contributed by atoms with Gasteiger partial charge in [-0.3, -0.25) is 0 Å². The lowest BCUT2D eigenvalue weighted by Gasteiger charge is -2.08. The van der Waals surface area contributed by atoms with Gasteiger partial charge in [-0.25, -0.2) is 9.97 Å². The van der Waals surface area contributed by atoms with Crippen LogP contribution in [0.3, 0.4) is 0 Å². The van der Waals surface area contributed by atoms with Crippen molar-refractivity contribution in [1.82, 2.24) is 9.97 Å².